The first kappa shape index (κ1) is 16.5. The quantitative estimate of drug-likeness (QED) is 0.745. The van der Waals surface area contributed by atoms with Gasteiger partial charge < -0.3 is 10.6 Å². The summed E-state index contributed by atoms with van der Waals surface area (Å²) in [4.78, 5) is 25.6. The second-order valence-corrected chi connectivity index (χ2v) is 7.29. The van der Waals surface area contributed by atoms with E-state index in [9.17, 15) is 9.59 Å². The number of carbonyl (C=O) groups excluding carboxylic acids is 2. The summed E-state index contributed by atoms with van der Waals surface area (Å²) in [6.45, 7) is 0. The highest BCUT2D eigenvalue weighted by atomic mass is 32.1. The van der Waals surface area contributed by atoms with Gasteiger partial charge in [-0.1, -0.05) is 36.4 Å². The second-order valence-electron chi connectivity index (χ2n) is 6.25. The number of nitrogens with one attached hydrogen (secondary N) is 2. The highest BCUT2D eigenvalue weighted by molar-refractivity contribution is 7.10. The molecule has 0 saturated carbocycles. The molecule has 2 aromatic heterocycles. The van der Waals surface area contributed by atoms with E-state index in [0.29, 0.717) is 24.5 Å². The summed E-state index contributed by atoms with van der Waals surface area (Å²) >= 11 is 1.55. The predicted molar refractivity (Wildman–Crippen MR) is 101 cm³/mol. The first-order chi connectivity index (χ1) is 12.6. The minimum Gasteiger partial charge on any atom is -0.311 e. The van der Waals surface area contributed by atoms with Crippen LogP contribution in [0.25, 0.3) is 0 Å². The number of aromatic nitrogens is 2. The molecule has 1 atom stereocenters. The van der Waals surface area contributed by atoms with Gasteiger partial charge in [0.15, 0.2) is 5.82 Å². The molecule has 3 heterocycles. The fraction of sp³-hybridized carbons (Fsp3) is 0.211. The molecule has 26 heavy (non-hydrogen) atoms. The molecule has 4 rings (SSSR count). The first-order valence-electron chi connectivity index (χ1n) is 8.35. The van der Waals surface area contributed by atoms with Crippen molar-refractivity contribution >= 4 is 34.8 Å². The lowest BCUT2D eigenvalue weighted by atomic mass is 9.86. The Labute approximate surface area is 154 Å². The van der Waals surface area contributed by atoms with Gasteiger partial charge in [-0.15, -0.1) is 11.3 Å². The molecule has 3 aromatic rings. The smallest absolute Gasteiger partial charge is 0.230 e. The Morgan fingerprint density at radius 1 is 1.31 bits per heavy atom. The topological polar surface area (TPSA) is 76.0 Å². The molecular weight excluding hydrogens is 348 g/mol. The van der Waals surface area contributed by atoms with Gasteiger partial charge in [0, 0.05) is 29.8 Å². The van der Waals surface area contributed by atoms with Crippen molar-refractivity contribution in [3.63, 3.8) is 0 Å². The fourth-order valence-corrected chi connectivity index (χ4v) is 4.00. The zero-order chi connectivity index (χ0) is 18.1. The van der Waals surface area contributed by atoms with E-state index in [2.05, 4.69) is 15.7 Å². The molecule has 2 N–H and O–H groups in total. The zero-order valence-electron chi connectivity index (χ0n) is 14.2. The Kier molecular flexibility index (Phi) is 4.30. The third-order valence-electron chi connectivity index (χ3n) is 4.45. The van der Waals surface area contributed by atoms with E-state index in [1.54, 1.807) is 23.1 Å². The number of aryl methyl sites for hydroxylation is 1. The van der Waals surface area contributed by atoms with Crippen LogP contribution in [0.2, 0.25) is 0 Å². The molecule has 1 aromatic carbocycles. The molecule has 0 fully saturated rings. The van der Waals surface area contributed by atoms with Crippen LogP contribution in [0, 0.1) is 0 Å². The molecule has 132 valence electrons. The molecule has 7 heteroatoms. The molecular formula is C19H18N4O2S. The molecule has 0 radical (unpaired) electrons. The summed E-state index contributed by atoms with van der Waals surface area (Å²) in [6, 6.07) is 13.7. The molecule has 0 unspecified atom stereocenters. The minimum atomic E-state index is -0.134. The van der Waals surface area contributed by atoms with E-state index in [1.165, 1.54) is 0 Å². The highest BCUT2D eigenvalue weighted by Crippen LogP contribution is 2.41. The van der Waals surface area contributed by atoms with Gasteiger partial charge in [-0.25, -0.2) is 0 Å². The maximum atomic E-state index is 12.4. The van der Waals surface area contributed by atoms with Gasteiger partial charge >= 0.3 is 0 Å². The summed E-state index contributed by atoms with van der Waals surface area (Å²) in [5.74, 6) is 0.855. The monoisotopic (exact) mass is 366 g/mol. The lowest BCUT2D eigenvalue weighted by Crippen LogP contribution is -2.25. The van der Waals surface area contributed by atoms with E-state index in [4.69, 9.17) is 0 Å². The van der Waals surface area contributed by atoms with E-state index in [1.807, 2.05) is 47.8 Å². The van der Waals surface area contributed by atoms with Crippen molar-refractivity contribution in [1.29, 1.82) is 0 Å². The van der Waals surface area contributed by atoms with Crippen molar-refractivity contribution in [3.8, 4) is 0 Å². The fourth-order valence-electron chi connectivity index (χ4n) is 3.30. The van der Waals surface area contributed by atoms with Crippen LogP contribution >= 0.6 is 11.3 Å². The van der Waals surface area contributed by atoms with Crippen LogP contribution in [0.5, 0.6) is 0 Å². The number of amides is 2. The standard InChI is InChI=1S/C19H18N4O2S/c1-23-19-17(14(11-16(25)21-19)12-6-3-2-4-7-12)18(22-23)20-15(24)10-13-8-5-9-26-13/h2-9,14H,10-11H2,1H3,(H,21,25)(H,20,22,24)/t14-/m0/s1. The van der Waals surface area contributed by atoms with E-state index < -0.39 is 0 Å². The molecule has 0 spiro atoms. The van der Waals surface area contributed by atoms with E-state index >= 15 is 0 Å². The van der Waals surface area contributed by atoms with Gasteiger partial charge in [0.05, 0.1) is 6.42 Å². The Balaban J connectivity index is 1.68. The van der Waals surface area contributed by atoms with Crippen molar-refractivity contribution in [1.82, 2.24) is 9.78 Å². The summed E-state index contributed by atoms with van der Waals surface area (Å²) < 4.78 is 1.61. The van der Waals surface area contributed by atoms with Gasteiger partial charge in [-0.3, -0.25) is 14.3 Å². The van der Waals surface area contributed by atoms with E-state index in [-0.39, 0.29) is 17.7 Å². The largest absolute Gasteiger partial charge is 0.311 e. The number of nitrogens with zero attached hydrogens (tertiary/aromatic N) is 2. The van der Waals surface area contributed by atoms with Crippen molar-refractivity contribution in [3.05, 3.63) is 63.8 Å². The Morgan fingerprint density at radius 3 is 2.85 bits per heavy atom. The molecule has 0 bridgehead atoms. The summed E-state index contributed by atoms with van der Waals surface area (Å²) in [5, 5.41) is 12.2. The molecule has 0 saturated heterocycles. The van der Waals surface area contributed by atoms with Crippen LogP contribution in [-0.4, -0.2) is 21.6 Å². The van der Waals surface area contributed by atoms with Crippen molar-refractivity contribution < 1.29 is 9.59 Å². The Hall–Kier alpha value is -2.93. The summed E-state index contributed by atoms with van der Waals surface area (Å²) in [5.41, 5.74) is 1.89. The number of benzene rings is 1. The summed E-state index contributed by atoms with van der Waals surface area (Å²) in [7, 11) is 1.77. The highest BCUT2D eigenvalue weighted by Gasteiger charge is 2.33. The van der Waals surface area contributed by atoms with Crippen LogP contribution in [-0.2, 0) is 23.1 Å². The van der Waals surface area contributed by atoms with Gasteiger partial charge in [0.2, 0.25) is 11.8 Å². The Morgan fingerprint density at radius 2 is 2.12 bits per heavy atom. The summed E-state index contributed by atoms with van der Waals surface area (Å²) in [6.07, 6.45) is 0.641. The van der Waals surface area contributed by atoms with Gasteiger partial charge in [-0.05, 0) is 17.0 Å². The molecule has 6 nitrogen and oxygen atoms in total. The Bertz CT molecular complexity index is 948. The van der Waals surface area contributed by atoms with Crippen LogP contribution in [0.3, 0.4) is 0 Å². The molecule has 1 aliphatic heterocycles. The third kappa shape index (κ3) is 3.13. The first-order valence-corrected chi connectivity index (χ1v) is 9.23. The molecule has 0 aliphatic carbocycles. The number of thiophene rings is 1. The lowest BCUT2D eigenvalue weighted by Gasteiger charge is -2.24. The van der Waals surface area contributed by atoms with Gasteiger partial charge in [-0.2, -0.15) is 5.10 Å². The third-order valence-corrected chi connectivity index (χ3v) is 5.33. The number of anilines is 2. The van der Waals surface area contributed by atoms with Crippen LogP contribution in [0.1, 0.15) is 28.3 Å². The maximum absolute atomic E-state index is 12.4. The number of fused-ring (bicyclic) bond motifs is 1. The zero-order valence-corrected chi connectivity index (χ0v) is 15.0. The van der Waals surface area contributed by atoms with Crippen molar-refractivity contribution in [2.45, 2.75) is 18.8 Å². The number of rotatable bonds is 4. The normalized spacial score (nSPS) is 16.0. The maximum Gasteiger partial charge on any atom is 0.230 e. The predicted octanol–water partition coefficient (Wildman–Crippen LogP) is 3.14. The second kappa shape index (κ2) is 6.76. The number of hydrogen-bond acceptors (Lipinski definition) is 4. The minimum absolute atomic E-state index is 0.0502. The van der Waals surface area contributed by atoms with Crippen molar-refractivity contribution in [2.75, 3.05) is 10.6 Å². The lowest BCUT2D eigenvalue weighted by molar-refractivity contribution is -0.117. The average molecular weight is 366 g/mol. The molecule has 1 aliphatic rings. The van der Waals surface area contributed by atoms with Gasteiger partial charge in [0.25, 0.3) is 0 Å². The molecule has 2 amide bonds. The van der Waals surface area contributed by atoms with Crippen molar-refractivity contribution in [2.24, 2.45) is 7.05 Å². The van der Waals surface area contributed by atoms with Crippen LogP contribution < -0.4 is 10.6 Å². The van der Waals surface area contributed by atoms with E-state index in [0.717, 1.165) is 16.0 Å². The van der Waals surface area contributed by atoms with Gasteiger partial charge in [0.1, 0.15) is 5.82 Å². The van der Waals surface area contributed by atoms with Crippen LogP contribution in [0.4, 0.5) is 11.6 Å². The average Bonchev–Trinajstić information content (AvgIpc) is 3.24. The SMILES string of the molecule is Cn1nc(NC(=O)Cc2cccs2)c2c1NC(=O)C[C@H]2c1ccccc1. The number of hydrogen-bond donors (Lipinski definition) is 2. The number of carbonyl (C=O) groups is 2. The van der Waals surface area contributed by atoms with Crippen LogP contribution in [0.15, 0.2) is 47.8 Å².